The zero-order chi connectivity index (χ0) is 15.6. The van der Waals surface area contributed by atoms with E-state index in [1.165, 1.54) is 5.57 Å². The molecule has 0 aromatic heterocycles. The van der Waals surface area contributed by atoms with Crippen molar-refractivity contribution in [3.05, 3.63) is 41.5 Å². The van der Waals surface area contributed by atoms with E-state index in [1.807, 2.05) is 18.2 Å². The van der Waals surface area contributed by atoms with Crippen molar-refractivity contribution in [1.82, 2.24) is 10.6 Å². The Morgan fingerprint density at radius 2 is 2.22 bits per heavy atom. The number of aliphatic imine (C=N–C) groups is 1. The second kappa shape index (κ2) is 11.3. The fourth-order valence-electron chi connectivity index (χ4n) is 2.32. The lowest BCUT2D eigenvalue weighted by atomic mass is 10.1. The van der Waals surface area contributed by atoms with Gasteiger partial charge in [-0.2, -0.15) is 0 Å². The third-order valence-corrected chi connectivity index (χ3v) is 3.61. The van der Waals surface area contributed by atoms with Gasteiger partial charge < -0.3 is 20.1 Å². The van der Waals surface area contributed by atoms with Gasteiger partial charge in [0.05, 0.1) is 20.3 Å². The van der Waals surface area contributed by atoms with Crippen LogP contribution in [0, 0.1) is 0 Å². The maximum Gasteiger partial charge on any atom is 0.191 e. The molecule has 1 aromatic carbocycles. The molecule has 0 radical (unpaired) electrons. The average molecular weight is 431 g/mol. The molecule has 0 spiro atoms. The molecule has 2 N–H and O–H groups in total. The molecule has 0 atom stereocenters. The van der Waals surface area contributed by atoms with Gasteiger partial charge in [-0.25, -0.2) is 0 Å². The number of hydrogen-bond donors (Lipinski definition) is 2. The van der Waals surface area contributed by atoms with Crippen molar-refractivity contribution < 1.29 is 9.47 Å². The first-order valence-corrected chi connectivity index (χ1v) is 7.65. The molecule has 23 heavy (non-hydrogen) atoms. The molecule has 0 amide bonds. The summed E-state index contributed by atoms with van der Waals surface area (Å²) in [5, 5.41) is 6.66. The highest BCUT2D eigenvalue weighted by atomic mass is 127. The van der Waals surface area contributed by atoms with Crippen LogP contribution in [0.1, 0.15) is 18.4 Å². The summed E-state index contributed by atoms with van der Waals surface area (Å²) in [5.74, 6) is 1.68. The lowest BCUT2D eigenvalue weighted by molar-refractivity contribution is 0.153. The SMILES string of the molecule is CN=C(NCCC1=CCOCC1)NCc1cccc(OC)c1.I. The Morgan fingerprint density at radius 3 is 2.91 bits per heavy atom. The van der Waals surface area contributed by atoms with E-state index in [0.717, 1.165) is 49.9 Å². The number of halogens is 1. The monoisotopic (exact) mass is 431 g/mol. The minimum Gasteiger partial charge on any atom is -0.497 e. The molecule has 1 aromatic rings. The summed E-state index contributed by atoms with van der Waals surface area (Å²) < 4.78 is 10.5. The van der Waals surface area contributed by atoms with Gasteiger partial charge in [0.2, 0.25) is 0 Å². The fourth-order valence-corrected chi connectivity index (χ4v) is 2.32. The van der Waals surface area contributed by atoms with Gasteiger partial charge in [-0.15, -0.1) is 24.0 Å². The van der Waals surface area contributed by atoms with Crippen LogP contribution in [0.25, 0.3) is 0 Å². The van der Waals surface area contributed by atoms with E-state index in [2.05, 4.69) is 27.8 Å². The first-order valence-electron chi connectivity index (χ1n) is 7.65. The normalized spacial score (nSPS) is 14.5. The number of rotatable bonds is 6. The van der Waals surface area contributed by atoms with Gasteiger partial charge in [-0.05, 0) is 30.5 Å². The Hall–Kier alpha value is -1.28. The van der Waals surface area contributed by atoms with E-state index in [9.17, 15) is 0 Å². The van der Waals surface area contributed by atoms with E-state index >= 15 is 0 Å². The highest BCUT2D eigenvalue weighted by Crippen LogP contribution is 2.12. The molecule has 0 aliphatic carbocycles. The standard InChI is InChI=1S/C17H25N3O2.HI/c1-18-17(19-9-6-14-7-10-22-11-8-14)20-13-15-4-3-5-16(12-15)21-2;/h3-5,7,12H,6,8-11,13H2,1-2H3,(H2,18,19,20);1H. The summed E-state index contributed by atoms with van der Waals surface area (Å²) >= 11 is 0. The highest BCUT2D eigenvalue weighted by molar-refractivity contribution is 14.0. The Kier molecular flexibility index (Phi) is 9.70. The predicted molar refractivity (Wildman–Crippen MR) is 105 cm³/mol. The van der Waals surface area contributed by atoms with Crippen LogP contribution in [0.2, 0.25) is 0 Å². The number of benzene rings is 1. The zero-order valence-corrected chi connectivity index (χ0v) is 16.1. The molecule has 128 valence electrons. The van der Waals surface area contributed by atoms with Crippen LogP contribution in [-0.4, -0.2) is 39.9 Å². The Morgan fingerprint density at radius 1 is 1.35 bits per heavy atom. The summed E-state index contributed by atoms with van der Waals surface area (Å²) in [6, 6.07) is 8.02. The van der Waals surface area contributed by atoms with Gasteiger partial charge in [0.15, 0.2) is 5.96 Å². The van der Waals surface area contributed by atoms with Crippen molar-refractivity contribution in [3.63, 3.8) is 0 Å². The van der Waals surface area contributed by atoms with E-state index in [0.29, 0.717) is 6.54 Å². The van der Waals surface area contributed by atoms with Gasteiger partial charge in [0.1, 0.15) is 5.75 Å². The summed E-state index contributed by atoms with van der Waals surface area (Å²) in [6.45, 7) is 3.18. The number of nitrogens with zero attached hydrogens (tertiary/aromatic N) is 1. The Bertz CT molecular complexity index is 532. The van der Waals surface area contributed by atoms with Crippen molar-refractivity contribution in [3.8, 4) is 5.75 Å². The molecule has 0 fully saturated rings. The molecule has 1 aliphatic rings. The van der Waals surface area contributed by atoms with Crippen LogP contribution in [0.5, 0.6) is 5.75 Å². The van der Waals surface area contributed by atoms with Crippen LogP contribution in [0.3, 0.4) is 0 Å². The first-order chi connectivity index (χ1) is 10.8. The molecular formula is C17H26IN3O2. The zero-order valence-electron chi connectivity index (χ0n) is 13.8. The molecule has 6 heteroatoms. The number of hydrogen-bond acceptors (Lipinski definition) is 3. The van der Waals surface area contributed by atoms with Crippen LogP contribution in [-0.2, 0) is 11.3 Å². The molecule has 0 saturated heterocycles. The van der Waals surface area contributed by atoms with Crippen LogP contribution in [0.4, 0.5) is 0 Å². The number of guanidine groups is 1. The van der Waals surface area contributed by atoms with Crippen LogP contribution >= 0.6 is 24.0 Å². The van der Waals surface area contributed by atoms with E-state index in [4.69, 9.17) is 9.47 Å². The summed E-state index contributed by atoms with van der Waals surface area (Å²) in [6.07, 6.45) is 4.25. The topological polar surface area (TPSA) is 54.9 Å². The maximum atomic E-state index is 5.31. The van der Waals surface area contributed by atoms with Crippen molar-refractivity contribution in [2.45, 2.75) is 19.4 Å². The lowest BCUT2D eigenvalue weighted by Gasteiger charge is -2.15. The van der Waals surface area contributed by atoms with Gasteiger partial charge >= 0.3 is 0 Å². The van der Waals surface area contributed by atoms with Crippen molar-refractivity contribution in [2.24, 2.45) is 4.99 Å². The molecule has 0 unspecified atom stereocenters. The van der Waals surface area contributed by atoms with Gasteiger partial charge in [0, 0.05) is 20.1 Å². The largest absolute Gasteiger partial charge is 0.497 e. The van der Waals surface area contributed by atoms with Crippen LogP contribution in [0.15, 0.2) is 40.9 Å². The van der Waals surface area contributed by atoms with E-state index < -0.39 is 0 Å². The molecular weight excluding hydrogens is 405 g/mol. The minimum atomic E-state index is 0. The van der Waals surface area contributed by atoms with E-state index in [1.54, 1.807) is 14.2 Å². The molecule has 0 saturated carbocycles. The Labute approximate surface area is 155 Å². The molecule has 5 nitrogen and oxygen atoms in total. The summed E-state index contributed by atoms with van der Waals surface area (Å²) in [5.41, 5.74) is 2.62. The minimum absolute atomic E-state index is 0. The third-order valence-electron chi connectivity index (χ3n) is 3.61. The Balaban J connectivity index is 0.00000264. The highest BCUT2D eigenvalue weighted by Gasteiger charge is 2.04. The number of ether oxygens (including phenoxy) is 2. The molecule has 0 bridgehead atoms. The van der Waals surface area contributed by atoms with Gasteiger partial charge in [0.25, 0.3) is 0 Å². The molecule has 1 heterocycles. The maximum absolute atomic E-state index is 5.31. The smallest absolute Gasteiger partial charge is 0.191 e. The number of methoxy groups -OCH3 is 1. The van der Waals surface area contributed by atoms with Crippen molar-refractivity contribution in [1.29, 1.82) is 0 Å². The summed E-state index contributed by atoms with van der Waals surface area (Å²) in [4.78, 5) is 4.25. The van der Waals surface area contributed by atoms with Gasteiger partial charge in [-0.3, -0.25) is 4.99 Å². The third kappa shape index (κ3) is 7.22. The second-order valence-corrected chi connectivity index (χ2v) is 5.14. The van der Waals surface area contributed by atoms with Crippen LogP contribution < -0.4 is 15.4 Å². The summed E-state index contributed by atoms with van der Waals surface area (Å²) in [7, 11) is 3.46. The molecule has 1 aliphatic heterocycles. The number of nitrogens with one attached hydrogen (secondary N) is 2. The van der Waals surface area contributed by atoms with Crippen molar-refractivity contribution in [2.75, 3.05) is 33.9 Å². The first kappa shape index (κ1) is 19.8. The average Bonchev–Trinajstić information content (AvgIpc) is 2.59. The van der Waals surface area contributed by atoms with Crippen molar-refractivity contribution >= 4 is 29.9 Å². The van der Waals surface area contributed by atoms with E-state index in [-0.39, 0.29) is 24.0 Å². The van der Waals surface area contributed by atoms with Gasteiger partial charge in [-0.1, -0.05) is 23.8 Å². The fraction of sp³-hybridized carbons (Fsp3) is 0.471. The lowest BCUT2D eigenvalue weighted by Crippen LogP contribution is -2.37. The molecule has 2 rings (SSSR count). The second-order valence-electron chi connectivity index (χ2n) is 5.14. The predicted octanol–water partition coefficient (Wildman–Crippen LogP) is 2.72. The quantitative estimate of drug-likeness (QED) is 0.315.